The lowest BCUT2D eigenvalue weighted by molar-refractivity contribution is -0.121. The van der Waals surface area contributed by atoms with Crippen molar-refractivity contribution in [1.29, 1.82) is 0 Å². The summed E-state index contributed by atoms with van der Waals surface area (Å²) >= 11 is 5.96. The first-order valence-corrected chi connectivity index (χ1v) is 6.12. The molecular formula is C12H15ClN2O2. The molecule has 0 aliphatic carbocycles. The van der Waals surface area contributed by atoms with Gasteiger partial charge < -0.3 is 10.1 Å². The fourth-order valence-corrected chi connectivity index (χ4v) is 2.20. The molecule has 92 valence electrons. The van der Waals surface area contributed by atoms with Crippen LogP contribution in [0.2, 0.25) is 5.02 Å². The summed E-state index contributed by atoms with van der Waals surface area (Å²) in [6.45, 7) is 2.67. The number of amides is 1. The number of ether oxygens (including phenoxy) is 1. The van der Waals surface area contributed by atoms with Crippen LogP contribution in [0.5, 0.6) is 0 Å². The van der Waals surface area contributed by atoms with Gasteiger partial charge in [-0.05, 0) is 18.9 Å². The van der Waals surface area contributed by atoms with Crippen molar-refractivity contribution in [2.75, 3.05) is 11.9 Å². The van der Waals surface area contributed by atoms with Gasteiger partial charge in [0.1, 0.15) is 0 Å². The number of hydrogen-bond donors (Lipinski definition) is 1. The van der Waals surface area contributed by atoms with Crippen molar-refractivity contribution in [2.24, 2.45) is 5.92 Å². The summed E-state index contributed by atoms with van der Waals surface area (Å²) in [4.78, 5) is 16.0. The van der Waals surface area contributed by atoms with Gasteiger partial charge in [0.05, 0.1) is 28.9 Å². The zero-order valence-electron chi connectivity index (χ0n) is 9.65. The summed E-state index contributed by atoms with van der Waals surface area (Å²) in [5.74, 6) is -0.125. The topological polar surface area (TPSA) is 51.2 Å². The molecule has 2 rings (SSSR count). The van der Waals surface area contributed by atoms with E-state index in [0.29, 0.717) is 17.3 Å². The molecule has 0 bridgehead atoms. The minimum Gasteiger partial charge on any atom is -0.377 e. The molecule has 0 aromatic carbocycles. The van der Waals surface area contributed by atoms with E-state index >= 15 is 0 Å². The summed E-state index contributed by atoms with van der Waals surface area (Å²) in [7, 11) is 0. The number of nitrogens with zero attached hydrogens (tertiary/aromatic N) is 1. The van der Waals surface area contributed by atoms with Gasteiger partial charge in [0.25, 0.3) is 0 Å². The molecule has 0 saturated carbocycles. The van der Waals surface area contributed by atoms with E-state index in [-0.39, 0.29) is 17.9 Å². The van der Waals surface area contributed by atoms with Crippen molar-refractivity contribution in [1.82, 2.24) is 4.98 Å². The lowest BCUT2D eigenvalue weighted by Gasteiger charge is -2.16. The van der Waals surface area contributed by atoms with E-state index in [1.807, 2.05) is 6.92 Å². The van der Waals surface area contributed by atoms with Gasteiger partial charge in [-0.15, -0.1) is 0 Å². The second-order valence-corrected chi connectivity index (χ2v) is 4.46. The van der Waals surface area contributed by atoms with E-state index in [4.69, 9.17) is 16.3 Å². The Bertz CT molecular complexity index is 411. The first-order chi connectivity index (χ1) is 8.22. The molecule has 1 aliphatic rings. The zero-order valence-corrected chi connectivity index (χ0v) is 10.4. The van der Waals surface area contributed by atoms with Crippen LogP contribution in [0.25, 0.3) is 0 Å². The number of pyridine rings is 1. The predicted octanol–water partition coefficient (Wildman–Crippen LogP) is 2.49. The molecule has 2 unspecified atom stereocenters. The highest BCUT2D eigenvalue weighted by molar-refractivity contribution is 6.33. The Kier molecular flexibility index (Phi) is 3.97. The van der Waals surface area contributed by atoms with E-state index in [1.165, 1.54) is 0 Å². The second kappa shape index (κ2) is 5.47. The molecule has 4 nitrogen and oxygen atoms in total. The highest BCUT2D eigenvalue weighted by Gasteiger charge is 2.32. The Morgan fingerprint density at radius 1 is 1.71 bits per heavy atom. The normalized spacial score (nSPS) is 23.6. The molecular weight excluding hydrogens is 240 g/mol. The molecule has 2 atom stereocenters. The number of aromatic nitrogens is 1. The maximum Gasteiger partial charge on any atom is 0.230 e. The number of anilines is 1. The third-order valence-corrected chi connectivity index (χ3v) is 3.30. The zero-order chi connectivity index (χ0) is 12.3. The van der Waals surface area contributed by atoms with Crippen molar-refractivity contribution >= 4 is 23.2 Å². The van der Waals surface area contributed by atoms with E-state index < -0.39 is 0 Å². The molecule has 1 aromatic heterocycles. The maximum atomic E-state index is 12.1. The highest BCUT2D eigenvalue weighted by Crippen LogP contribution is 2.26. The lowest BCUT2D eigenvalue weighted by Crippen LogP contribution is -2.29. The van der Waals surface area contributed by atoms with Gasteiger partial charge >= 0.3 is 0 Å². The van der Waals surface area contributed by atoms with Crippen LogP contribution in [0.3, 0.4) is 0 Å². The molecule has 1 aromatic rings. The fraction of sp³-hybridized carbons (Fsp3) is 0.500. The molecule has 0 spiro atoms. The average Bonchev–Trinajstić information content (AvgIpc) is 2.80. The van der Waals surface area contributed by atoms with Crippen molar-refractivity contribution in [3.8, 4) is 0 Å². The summed E-state index contributed by atoms with van der Waals surface area (Å²) < 4.78 is 5.49. The lowest BCUT2D eigenvalue weighted by atomic mass is 9.98. The van der Waals surface area contributed by atoms with Crippen LogP contribution in [0, 0.1) is 5.92 Å². The number of rotatable bonds is 3. The fourth-order valence-electron chi connectivity index (χ4n) is 2.05. The summed E-state index contributed by atoms with van der Waals surface area (Å²) in [5.41, 5.74) is 0.556. The van der Waals surface area contributed by atoms with Crippen LogP contribution in [0.4, 0.5) is 5.69 Å². The quantitative estimate of drug-likeness (QED) is 0.902. The van der Waals surface area contributed by atoms with Gasteiger partial charge in [0.15, 0.2) is 0 Å². The Balaban J connectivity index is 2.04. The molecule has 1 amide bonds. The Labute approximate surface area is 105 Å². The standard InChI is InChI=1S/C12H15ClN2O2/c1-2-11-8(4-6-17-11)12(16)15-10-7-14-5-3-9(10)13/h3,5,7-8,11H,2,4,6H2,1H3,(H,15,16). The smallest absolute Gasteiger partial charge is 0.230 e. The van der Waals surface area contributed by atoms with Gasteiger partial charge in [-0.25, -0.2) is 0 Å². The van der Waals surface area contributed by atoms with Crippen molar-refractivity contribution in [2.45, 2.75) is 25.9 Å². The summed E-state index contributed by atoms with van der Waals surface area (Å²) in [6.07, 6.45) is 4.77. The van der Waals surface area contributed by atoms with Crippen LogP contribution < -0.4 is 5.32 Å². The van der Waals surface area contributed by atoms with Crippen molar-refractivity contribution in [3.63, 3.8) is 0 Å². The third kappa shape index (κ3) is 2.76. The SMILES string of the molecule is CCC1OCCC1C(=O)Nc1cnccc1Cl. The predicted molar refractivity (Wildman–Crippen MR) is 66.0 cm³/mol. The number of carbonyl (C=O) groups excluding carboxylic acids is 1. The average molecular weight is 255 g/mol. The van der Waals surface area contributed by atoms with Gasteiger partial charge in [-0.3, -0.25) is 9.78 Å². The molecule has 1 fully saturated rings. The molecule has 1 saturated heterocycles. The molecule has 1 N–H and O–H groups in total. The van der Waals surface area contributed by atoms with Crippen molar-refractivity contribution in [3.05, 3.63) is 23.5 Å². The van der Waals surface area contributed by atoms with Gasteiger partial charge in [-0.1, -0.05) is 18.5 Å². The Morgan fingerprint density at radius 2 is 2.53 bits per heavy atom. The molecule has 0 radical (unpaired) electrons. The van der Waals surface area contributed by atoms with Gasteiger partial charge in [0, 0.05) is 12.8 Å². The monoisotopic (exact) mass is 254 g/mol. The molecule has 17 heavy (non-hydrogen) atoms. The number of hydrogen-bond acceptors (Lipinski definition) is 3. The van der Waals surface area contributed by atoms with Crippen LogP contribution in [0.1, 0.15) is 19.8 Å². The van der Waals surface area contributed by atoms with Crippen LogP contribution >= 0.6 is 11.6 Å². The largest absolute Gasteiger partial charge is 0.377 e. The molecule has 5 heteroatoms. The number of nitrogens with one attached hydrogen (secondary N) is 1. The maximum absolute atomic E-state index is 12.1. The molecule has 1 aliphatic heterocycles. The molecule has 2 heterocycles. The first-order valence-electron chi connectivity index (χ1n) is 5.74. The highest BCUT2D eigenvalue weighted by atomic mass is 35.5. The van der Waals surface area contributed by atoms with Crippen LogP contribution in [-0.2, 0) is 9.53 Å². The van der Waals surface area contributed by atoms with Gasteiger partial charge in [0.2, 0.25) is 5.91 Å². The third-order valence-electron chi connectivity index (χ3n) is 2.97. The van der Waals surface area contributed by atoms with Crippen molar-refractivity contribution < 1.29 is 9.53 Å². The summed E-state index contributed by atoms with van der Waals surface area (Å²) in [6, 6.07) is 1.65. The van der Waals surface area contributed by atoms with E-state index in [1.54, 1.807) is 18.5 Å². The van der Waals surface area contributed by atoms with E-state index in [9.17, 15) is 4.79 Å². The Hall–Kier alpha value is -1.13. The number of carbonyl (C=O) groups is 1. The Morgan fingerprint density at radius 3 is 3.24 bits per heavy atom. The van der Waals surface area contributed by atoms with E-state index in [0.717, 1.165) is 12.8 Å². The minimum absolute atomic E-state index is 0.0189. The van der Waals surface area contributed by atoms with Crippen LogP contribution in [-0.4, -0.2) is 23.6 Å². The van der Waals surface area contributed by atoms with Crippen LogP contribution in [0.15, 0.2) is 18.5 Å². The summed E-state index contributed by atoms with van der Waals surface area (Å²) in [5, 5.41) is 3.30. The minimum atomic E-state index is -0.0868. The van der Waals surface area contributed by atoms with E-state index in [2.05, 4.69) is 10.3 Å². The number of halogens is 1. The first kappa shape index (κ1) is 12.3. The van der Waals surface area contributed by atoms with Gasteiger partial charge in [-0.2, -0.15) is 0 Å². The second-order valence-electron chi connectivity index (χ2n) is 4.06.